The van der Waals surface area contributed by atoms with Gasteiger partial charge in [0, 0.05) is 51.2 Å². The number of fused-ring (bicyclic) bond motifs is 1. The summed E-state index contributed by atoms with van der Waals surface area (Å²) < 4.78 is 34.3. The van der Waals surface area contributed by atoms with Gasteiger partial charge in [-0.1, -0.05) is 0 Å². The quantitative estimate of drug-likeness (QED) is 0.831. The number of hydrogen-bond donors (Lipinski definition) is 1. The first-order valence-corrected chi connectivity index (χ1v) is 10.7. The Balaban J connectivity index is 1.71. The van der Waals surface area contributed by atoms with Crippen molar-refractivity contribution in [1.29, 1.82) is 0 Å². The highest BCUT2D eigenvalue weighted by Crippen LogP contribution is 2.36. The molecule has 1 aromatic heterocycles. The number of nitrogens with zero attached hydrogens (tertiary/aromatic N) is 4. The first-order valence-electron chi connectivity index (χ1n) is 9.27. The van der Waals surface area contributed by atoms with Gasteiger partial charge in [0.1, 0.15) is 0 Å². The van der Waals surface area contributed by atoms with Gasteiger partial charge in [-0.2, -0.15) is 12.7 Å². The molecule has 27 heavy (non-hydrogen) atoms. The molecule has 1 unspecified atom stereocenters. The third-order valence-electron chi connectivity index (χ3n) is 5.27. The maximum absolute atomic E-state index is 12.9. The van der Waals surface area contributed by atoms with Gasteiger partial charge in [-0.05, 0) is 32.2 Å². The lowest BCUT2D eigenvalue weighted by Gasteiger charge is -2.34. The Kier molecular flexibility index (Phi) is 4.79. The molecule has 0 spiro atoms. The molecule has 2 fully saturated rings. The molecule has 2 aliphatic rings. The predicted octanol–water partition coefficient (Wildman–Crippen LogP) is 0.932. The second-order valence-electron chi connectivity index (χ2n) is 7.38. The van der Waals surface area contributed by atoms with Crippen LogP contribution in [0.3, 0.4) is 0 Å². The Morgan fingerprint density at radius 2 is 1.89 bits per heavy atom. The highest BCUT2D eigenvalue weighted by molar-refractivity contribution is 7.90. The average Bonchev–Trinajstić information content (AvgIpc) is 3.19. The summed E-state index contributed by atoms with van der Waals surface area (Å²) in [6.07, 6.45) is 0.948. The molecule has 0 aliphatic carbocycles. The van der Waals surface area contributed by atoms with Crippen LogP contribution in [-0.4, -0.2) is 81.7 Å². The number of likely N-dealkylation sites (N-methyl/N-ethyl adjacent to an activating group) is 1. The van der Waals surface area contributed by atoms with E-state index in [0.29, 0.717) is 18.8 Å². The zero-order chi connectivity index (χ0) is 19.2. The van der Waals surface area contributed by atoms with Crippen molar-refractivity contribution < 1.29 is 17.9 Å². The van der Waals surface area contributed by atoms with E-state index < -0.39 is 16.3 Å². The first-order chi connectivity index (χ1) is 12.9. The summed E-state index contributed by atoms with van der Waals surface area (Å²) in [5, 5.41) is 10.5. The zero-order valence-corrected chi connectivity index (χ0v) is 16.5. The SMILES string of the molecule is CC(O)CN1CCN(c2cc(N3CCN(C)CC3)c3occc3c2)S1(=O)=O. The molecular weight excluding hydrogens is 368 g/mol. The molecule has 0 saturated carbocycles. The van der Waals surface area contributed by atoms with Gasteiger partial charge in [-0.3, -0.25) is 4.31 Å². The third-order valence-corrected chi connectivity index (χ3v) is 7.21. The summed E-state index contributed by atoms with van der Waals surface area (Å²) in [6, 6.07) is 5.65. The minimum atomic E-state index is -3.63. The van der Waals surface area contributed by atoms with Gasteiger partial charge in [0.15, 0.2) is 5.58 Å². The Hall–Kier alpha value is -1.81. The van der Waals surface area contributed by atoms with Crippen molar-refractivity contribution in [2.45, 2.75) is 13.0 Å². The number of aliphatic hydroxyl groups is 1. The number of rotatable bonds is 4. The van der Waals surface area contributed by atoms with Gasteiger partial charge < -0.3 is 19.3 Å². The highest BCUT2D eigenvalue weighted by Gasteiger charge is 2.37. The second-order valence-corrected chi connectivity index (χ2v) is 9.23. The molecule has 0 radical (unpaired) electrons. The van der Waals surface area contributed by atoms with Crippen LogP contribution in [0.1, 0.15) is 6.92 Å². The van der Waals surface area contributed by atoms with Gasteiger partial charge in [-0.25, -0.2) is 0 Å². The topological polar surface area (TPSA) is 80.5 Å². The normalized spacial score (nSPS) is 22.6. The first kappa shape index (κ1) is 18.5. The summed E-state index contributed by atoms with van der Waals surface area (Å²) >= 11 is 0. The molecule has 8 nitrogen and oxygen atoms in total. The van der Waals surface area contributed by atoms with Gasteiger partial charge in [-0.15, -0.1) is 0 Å². The Labute approximate surface area is 159 Å². The Morgan fingerprint density at radius 3 is 2.59 bits per heavy atom. The van der Waals surface area contributed by atoms with Crippen molar-refractivity contribution >= 4 is 32.6 Å². The molecule has 2 saturated heterocycles. The Morgan fingerprint density at radius 1 is 1.15 bits per heavy atom. The van der Waals surface area contributed by atoms with E-state index in [1.165, 1.54) is 8.61 Å². The summed E-state index contributed by atoms with van der Waals surface area (Å²) in [6.45, 7) is 6.11. The fraction of sp³-hybridized carbons (Fsp3) is 0.556. The maximum Gasteiger partial charge on any atom is 0.304 e. The number of furan rings is 1. The molecule has 0 amide bonds. The smallest absolute Gasteiger partial charge is 0.304 e. The highest BCUT2D eigenvalue weighted by atomic mass is 32.2. The van der Waals surface area contributed by atoms with Crippen molar-refractivity contribution in [2.75, 3.05) is 62.1 Å². The van der Waals surface area contributed by atoms with Crippen LogP contribution in [0.15, 0.2) is 28.9 Å². The molecule has 2 aliphatic heterocycles. The van der Waals surface area contributed by atoms with Crippen LogP contribution in [0.2, 0.25) is 0 Å². The fourth-order valence-electron chi connectivity index (χ4n) is 3.79. The van der Waals surface area contributed by atoms with Crippen molar-refractivity contribution in [3.05, 3.63) is 24.5 Å². The minimum absolute atomic E-state index is 0.109. The molecule has 1 N–H and O–H groups in total. The fourth-order valence-corrected chi connectivity index (χ4v) is 5.47. The van der Waals surface area contributed by atoms with Crippen LogP contribution in [0.5, 0.6) is 0 Å². The van der Waals surface area contributed by atoms with Gasteiger partial charge in [0.2, 0.25) is 0 Å². The van der Waals surface area contributed by atoms with Crippen LogP contribution in [0.4, 0.5) is 11.4 Å². The minimum Gasteiger partial charge on any atom is -0.462 e. The summed E-state index contributed by atoms with van der Waals surface area (Å²) in [5.74, 6) is 0. The van der Waals surface area contributed by atoms with E-state index in [1.54, 1.807) is 13.2 Å². The summed E-state index contributed by atoms with van der Waals surface area (Å²) in [4.78, 5) is 4.53. The van der Waals surface area contributed by atoms with Crippen molar-refractivity contribution in [3.63, 3.8) is 0 Å². The van der Waals surface area contributed by atoms with Crippen molar-refractivity contribution in [2.24, 2.45) is 0 Å². The molecule has 0 bridgehead atoms. The Bertz CT molecular complexity index is 919. The van der Waals surface area contributed by atoms with Crippen molar-refractivity contribution in [3.8, 4) is 0 Å². The van der Waals surface area contributed by atoms with Gasteiger partial charge in [0.25, 0.3) is 0 Å². The van der Waals surface area contributed by atoms with Gasteiger partial charge >= 0.3 is 10.2 Å². The van der Waals surface area contributed by atoms with E-state index >= 15 is 0 Å². The molecular formula is C18H26N4O4S. The molecule has 1 atom stereocenters. The van der Waals surface area contributed by atoms with E-state index in [1.807, 2.05) is 18.2 Å². The predicted molar refractivity (Wildman–Crippen MR) is 105 cm³/mol. The number of β-amino-alcohol motifs (C(OH)–C–C–N with tert-alkyl or cyclic N) is 1. The lowest BCUT2D eigenvalue weighted by molar-refractivity contribution is 0.167. The summed E-state index contributed by atoms with van der Waals surface area (Å²) in [5.41, 5.74) is 2.37. The van der Waals surface area contributed by atoms with E-state index in [4.69, 9.17) is 4.42 Å². The average molecular weight is 394 g/mol. The monoisotopic (exact) mass is 394 g/mol. The molecule has 4 rings (SSSR count). The number of piperazine rings is 1. The molecule has 9 heteroatoms. The van der Waals surface area contributed by atoms with Crippen molar-refractivity contribution in [1.82, 2.24) is 9.21 Å². The van der Waals surface area contributed by atoms with E-state index in [-0.39, 0.29) is 6.54 Å². The lowest BCUT2D eigenvalue weighted by Crippen LogP contribution is -2.44. The van der Waals surface area contributed by atoms with E-state index in [2.05, 4.69) is 16.8 Å². The third kappa shape index (κ3) is 3.40. The zero-order valence-electron chi connectivity index (χ0n) is 15.7. The van der Waals surface area contributed by atoms with Crippen LogP contribution in [0.25, 0.3) is 11.0 Å². The van der Waals surface area contributed by atoms with Crippen LogP contribution in [0, 0.1) is 0 Å². The van der Waals surface area contributed by atoms with Crippen LogP contribution >= 0.6 is 0 Å². The second kappa shape index (κ2) is 6.97. The molecule has 1 aromatic carbocycles. The number of benzene rings is 1. The number of anilines is 2. The number of aliphatic hydroxyl groups excluding tert-OH is 1. The molecule has 3 heterocycles. The van der Waals surface area contributed by atoms with E-state index in [9.17, 15) is 13.5 Å². The largest absolute Gasteiger partial charge is 0.462 e. The lowest BCUT2D eigenvalue weighted by atomic mass is 10.1. The van der Waals surface area contributed by atoms with Gasteiger partial charge in [0.05, 0.1) is 23.7 Å². The molecule has 2 aromatic rings. The summed E-state index contributed by atoms with van der Waals surface area (Å²) in [7, 11) is -1.53. The van der Waals surface area contributed by atoms with Crippen LogP contribution in [-0.2, 0) is 10.2 Å². The molecule has 148 valence electrons. The standard InChI is InChI=1S/C18H26N4O4S/c1-14(23)13-21-8-9-22(27(21,24)25)16-11-15-3-10-26-18(15)17(12-16)20-6-4-19(2)5-7-20/h3,10-12,14,23H,4-9,13H2,1-2H3. The van der Waals surface area contributed by atoms with E-state index in [0.717, 1.165) is 42.8 Å². The van der Waals surface area contributed by atoms with Crippen LogP contribution < -0.4 is 9.21 Å². The maximum atomic E-state index is 12.9. The number of hydrogen-bond acceptors (Lipinski definition) is 6.